The van der Waals surface area contributed by atoms with Crippen LogP contribution in [0.15, 0.2) is 30.3 Å². The average Bonchev–Trinajstić information content (AvgIpc) is 2.10. The fourth-order valence-corrected chi connectivity index (χ4v) is 1.63. The molecule has 0 radical (unpaired) electrons. The maximum absolute atomic E-state index is 4.58. The molecule has 11 heavy (non-hydrogen) atoms. The van der Waals surface area contributed by atoms with Crippen molar-refractivity contribution in [3.8, 4) is 0 Å². The predicted octanol–water partition coefficient (Wildman–Crippen LogP) is 2.47. The number of benzene rings is 1. The molecule has 0 saturated carbocycles. The van der Waals surface area contributed by atoms with Crippen molar-refractivity contribution in [2.24, 2.45) is 0 Å². The van der Waals surface area contributed by atoms with E-state index in [-0.39, 0.29) is 7.92 Å². The van der Waals surface area contributed by atoms with Gasteiger partial charge in [0.05, 0.1) is 18.6 Å². The molecule has 0 aromatic heterocycles. The zero-order chi connectivity index (χ0) is 8.69. The molecular weight excluding hydrogens is 359 g/mol. The van der Waals surface area contributed by atoms with E-state index in [0.29, 0.717) is 0 Å². The van der Waals surface area contributed by atoms with Gasteiger partial charge in [0.1, 0.15) is 0 Å². The van der Waals surface area contributed by atoms with Crippen molar-refractivity contribution >= 4 is 22.4 Å². The molecule has 1 rings (SSSR count). The van der Waals surface area contributed by atoms with Crippen LogP contribution in [0.2, 0.25) is 0 Å². The van der Waals surface area contributed by atoms with Crippen molar-refractivity contribution in [2.45, 2.75) is 0 Å². The molecule has 1 aromatic carbocycles. The number of halogens is 1. The molecule has 1 aromatic rings. The van der Waals surface area contributed by atoms with Crippen LogP contribution in [0.1, 0.15) is 0 Å². The van der Waals surface area contributed by atoms with Crippen LogP contribution in [-0.2, 0) is 20.0 Å². The van der Waals surface area contributed by atoms with E-state index in [1.165, 1.54) is 5.30 Å². The normalized spacial score (nSPS) is 8.91. The minimum atomic E-state index is -0.212. The second-order valence-corrected chi connectivity index (χ2v) is 4.94. The topological polar surface area (TPSA) is 0 Å². The van der Waals surface area contributed by atoms with Gasteiger partial charge in [-0.05, 0) is 12.1 Å². The molecule has 0 atom stereocenters. The molecule has 0 aliphatic carbocycles. The van der Waals surface area contributed by atoms with E-state index in [1.54, 1.807) is 20.0 Å². The summed E-state index contributed by atoms with van der Waals surface area (Å²) in [6.07, 6.45) is 0. The fourth-order valence-electron chi connectivity index (χ4n) is 0.771. The molecule has 0 aliphatic rings. The number of rotatable bonds is 1. The van der Waals surface area contributed by atoms with Gasteiger partial charge in [0.15, 0.2) is 0 Å². The molecule has 0 spiro atoms. The Kier molecular flexibility index (Phi) is 7.79. The molecule has 0 saturated heterocycles. The molecule has 0 unspecified atom stereocenters. The van der Waals surface area contributed by atoms with E-state index in [1.807, 2.05) is 0 Å². The first kappa shape index (κ1) is 11.7. The van der Waals surface area contributed by atoms with Gasteiger partial charge >= 0.3 is 29.2 Å². The Morgan fingerprint density at radius 1 is 1.09 bits per heavy atom. The summed E-state index contributed by atoms with van der Waals surface area (Å²) in [6.45, 7) is 4.61. The second kappa shape index (κ2) is 7.34. The standard InChI is InChI=1S/C8H11P.Au.ClH/c1-9(2)8-6-4-3-5-7-8;;/h3-7H,1-2H3;;1H/q;+1;. The summed E-state index contributed by atoms with van der Waals surface area (Å²) in [5.74, 6) is 0. The fraction of sp³-hybridized carbons (Fsp3) is 0.250. The Balaban J connectivity index is 0.000000461. The third kappa shape index (κ3) is 5.00. The quantitative estimate of drug-likeness (QED) is 0.526. The van der Waals surface area contributed by atoms with E-state index in [0.717, 1.165) is 0 Å². The molecular formula is C8H12AuClP+. The van der Waals surface area contributed by atoms with Crippen LogP contribution in [0.5, 0.6) is 0 Å². The molecule has 66 valence electrons. The first-order valence-corrected chi connectivity index (χ1v) is 8.46. The number of hydrogen-bond donors (Lipinski definition) is 0. The van der Waals surface area contributed by atoms with Crippen LogP contribution in [-0.4, -0.2) is 13.3 Å². The van der Waals surface area contributed by atoms with Gasteiger partial charge in [0, 0.05) is 7.92 Å². The summed E-state index contributed by atoms with van der Waals surface area (Å²) in [6, 6.07) is 10.7. The Bertz CT molecular complexity index is 177. The number of hydrogen-bond acceptors (Lipinski definition) is 0. The zero-order valence-electron chi connectivity index (χ0n) is 6.57. The summed E-state index contributed by atoms with van der Waals surface area (Å²) < 4.78 is 0. The van der Waals surface area contributed by atoms with Gasteiger partial charge in [-0.1, -0.05) is 18.2 Å². The van der Waals surface area contributed by atoms with Gasteiger partial charge in [0.2, 0.25) is 0 Å². The molecule has 0 bridgehead atoms. The average molecular weight is 372 g/mol. The maximum atomic E-state index is 4.58. The van der Waals surface area contributed by atoms with Gasteiger partial charge < -0.3 is 0 Å². The van der Waals surface area contributed by atoms with Crippen molar-refractivity contribution < 1.29 is 20.0 Å². The van der Waals surface area contributed by atoms with E-state index in [2.05, 4.69) is 52.9 Å². The second-order valence-electron chi connectivity index (χ2n) is 2.37. The van der Waals surface area contributed by atoms with E-state index >= 15 is 0 Å². The van der Waals surface area contributed by atoms with Crippen LogP contribution < -0.4 is 5.30 Å². The van der Waals surface area contributed by atoms with Crippen LogP contribution in [0, 0.1) is 0 Å². The third-order valence-electron chi connectivity index (χ3n) is 1.35. The Hall–Kier alpha value is 0.680. The summed E-state index contributed by atoms with van der Waals surface area (Å²) in [7, 11) is 4.37. The van der Waals surface area contributed by atoms with Gasteiger partial charge in [-0.15, -0.1) is 0 Å². The van der Waals surface area contributed by atoms with Crippen molar-refractivity contribution in [3.63, 3.8) is 0 Å². The molecule has 0 aliphatic heterocycles. The van der Waals surface area contributed by atoms with Crippen LogP contribution in [0.3, 0.4) is 0 Å². The van der Waals surface area contributed by atoms with E-state index in [4.69, 9.17) is 0 Å². The zero-order valence-corrected chi connectivity index (χ0v) is 10.5. The first-order valence-electron chi connectivity index (χ1n) is 3.27. The first-order chi connectivity index (χ1) is 5.30. The minimum absolute atomic E-state index is 0.212. The van der Waals surface area contributed by atoms with Crippen molar-refractivity contribution in [1.29, 1.82) is 0 Å². The molecule has 0 N–H and O–H groups in total. The van der Waals surface area contributed by atoms with Crippen LogP contribution in [0.25, 0.3) is 0 Å². The summed E-state index contributed by atoms with van der Waals surface area (Å²) in [5, 5.41) is 1.52. The van der Waals surface area contributed by atoms with E-state index in [9.17, 15) is 0 Å². The summed E-state index contributed by atoms with van der Waals surface area (Å²) in [5.41, 5.74) is 0. The third-order valence-corrected chi connectivity index (χ3v) is 2.84. The molecule has 0 nitrogen and oxygen atoms in total. The van der Waals surface area contributed by atoms with Crippen molar-refractivity contribution in [1.82, 2.24) is 0 Å². The van der Waals surface area contributed by atoms with Crippen molar-refractivity contribution in [2.75, 3.05) is 13.3 Å². The van der Waals surface area contributed by atoms with Crippen molar-refractivity contribution in [3.05, 3.63) is 30.3 Å². The van der Waals surface area contributed by atoms with Crippen LogP contribution >= 0.6 is 17.1 Å². The summed E-state index contributed by atoms with van der Waals surface area (Å²) in [4.78, 5) is 0. The predicted molar refractivity (Wildman–Crippen MR) is 52.1 cm³/mol. The Labute approximate surface area is 85.8 Å². The Morgan fingerprint density at radius 2 is 1.55 bits per heavy atom. The molecule has 0 heterocycles. The molecule has 0 fully saturated rings. The van der Waals surface area contributed by atoms with Gasteiger partial charge in [-0.25, -0.2) is 0 Å². The van der Waals surface area contributed by atoms with Crippen LogP contribution in [0.4, 0.5) is 0 Å². The van der Waals surface area contributed by atoms with E-state index < -0.39 is 0 Å². The van der Waals surface area contributed by atoms with Gasteiger partial charge in [-0.3, -0.25) is 0 Å². The molecule has 3 heteroatoms. The monoisotopic (exact) mass is 371 g/mol. The van der Waals surface area contributed by atoms with Gasteiger partial charge in [-0.2, -0.15) is 0 Å². The molecule has 0 amide bonds. The Morgan fingerprint density at radius 3 is 1.82 bits per heavy atom. The van der Waals surface area contributed by atoms with Gasteiger partial charge in [0.25, 0.3) is 0 Å². The summed E-state index contributed by atoms with van der Waals surface area (Å²) >= 11 is 1.75. The SMILES string of the molecule is C[PH+](C)c1ccccc1.[Cl][Au].